The third-order valence-corrected chi connectivity index (χ3v) is 3.54. The average Bonchev–Trinajstić information content (AvgIpc) is 2.54. The second-order valence-electron chi connectivity index (χ2n) is 4.90. The monoisotopic (exact) mass is 285 g/mol. The molecule has 0 saturated carbocycles. The van der Waals surface area contributed by atoms with E-state index in [4.69, 9.17) is 9.47 Å². The fourth-order valence-corrected chi connectivity index (χ4v) is 2.35. The van der Waals surface area contributed by atoms with E-state index in [1.807, 2.05) is 38.2 Å². The minimum atomic E-state index is 0.286. The van der Waals surface area contributed by atoms with Crippen LogP contribution in [-0.4, -0.2) is 20.8 Å². The lowest BCUT2D eigenvalue weighted by atomic mass is 9.99. The first-order chi connectivity index (χ1) is 10.3. The first kappa shape index (κ1) is 15.4. The summed E-state index contributed by atoms with van der Waals surface area (Å²) in [6, 6.07) is 16.8. The predicted octanol–water partition coefficient (Wildman–Crippen LogP) is 3.60. The van der Waals surface area contributed by atoms with Crippen molar-refractivity contribution in [2.75, 3.05) is 20.8 Å². The van der Waals surface area contributed by atoms with E-state index in [2.05, 4.69) is 29.6 Å². The number of benzene rings is 2. The molecule has 0 radical (unpaired) electrons. The van der Waals surface area contributed by atoms with E-state index in [0.29, 0.717) is 6.61 Å². The van der Waals surface area contributed by atoms with Crippen LogP contribution < -0.4 is 14.8 Å². The molecular formula is C18H23NO2. The number of rotatable bonds is 7. The predicted molar refractivity (Wildman–Crippen MR) is 86.1 cm³/mol. The lowest BCUT2D eigenvalue weighted by molar-refractivity contribution is 0.340. The van der Waals surface area contributed by atoms with Crippen LogP contribution in [0, 0.1) is 0 Å². The molecule has 0 amide bonds. The molecular weight excluding hydrogens is 262 g/mol. The van der Waals surface area contributed by atoms with E-state index >= 15 is 0 Å². The van der Waals surface area contributed by atoms with Gasteiger partial charge in [0.2, 0.25) is 0 Å². The summed E-state index contributed by atoms with van der Waals surface area (Å²) in [5.74, 6) is 1.81. The van der Waals surface area contributed by atoms with Crippen LogP contribution in [0.4, 0.5) is 0 Å². The molecule has 1 unspecified atom stereocenters. The molecule has 1 N–H and O–H groups in total. The van der Waals surface area contributed by atoms with Gasteiger partial charge in [-0.3, -0.25) is 0 Å². The molecule has 112 valence electrons. The van der Waals surface area contributed by atoms with Crippen LogP contribution in [0.3, 0.4) is 0 Å². The van der Waals surface area contributed by atoms with Gasteiger partial charge < -0.3 is 14.8 Å². The van der Waals surface area contributed by atoms with Crippen LogP contribution in [-0.2, 0) is 6.42 Å². The van der Waals surface area contributed by atoms with Crippen molar-refractivity contribution >= 4 is 0 Å². The molecule has 0 aliphatic rings. The highest BCUT2D eigenvalue weighted by atomic mass is 16.5. The van der Waals surface area contributed by atoms with Gasteiger partial charge in [-0.2, -0.15) is 0 Å². The number of ether oxygens (including phenoxy) is 2. The minimum absolute atomic E-state index is 0.286. The Bertz CT molecular complexity index is 534. The average molecular weight is 285 g/mol. The van der Waals surface area contributed by atoms with Crippen molar-refractivity contribution < 1.29 is 9.47 Å². The van der Waals surface area contributed by atoms with E-state index in [-0.39, 0.29) is 6.04 Å². The molecule has 2 aromatic carbocycles. The summed E-state index contributed by atoms with van der Waals surface area (Å²) in [4.78, 5) is 0. The molecule has 0 saturated heterocycles. The third kappa shape index (κ3) is 4.23. The molecule has 0 fully saturated rings. The van der Waals surface area contributed by atoms with Crippen molar-refractivity contribution in [1.29, 1.82) is 0 Å². The van der Waals surface area contributed by atoms with Crippen molar-refractivity contribution in [3.63, 3.8) is 0 Å². The first-order valence-corrected chi connectivity index (χ1v) is 7.29. The van der Waals surface area contributed by atoms with Crippen LogP contribution in [0.25, 0.3) is 0 Å². The second-order valence-corrected chi connectivity index (χ2v) is 4.90. The fourth-order valence-electron chi connectivity index (χ4n) is 2.35. The zero-order chi connectivity index (χ0) is 15.1. The Kier molecular flexibility index (Phi) is 5.64. The Morgan fingerprint density at radius 2 is 1.57 bits per heavy atom. The largest absolute Gasteiger partial charge is 0.497 e. The molecule has 0 aliphatic heterocycles. The summed E-state index contributed by atoms with van der Waals surface area (Å²) in [5.41, 5.74) is 2.54. The molecule has 0 aromatic heterocycles. The maximum absolute atomic E-state index is 5.48. The highest BCUT2D eigenvalue weighted by Gasteiger charge is 2.10. The Morgan fingerprint density at radius 3 is 2.10 bits per heavy atom. The SMILES string of the molecule is CCOc1ccc(C(Cc2ccc(OC)cc2)NC)cc1. The van der Waals surface area contributed by atoms with E-state index < -0.39 is 0 Å². The van der Waals surface area contributed by atoms with Crippen LogP contribution in [0.5, 0.6) is 11.5 Å². The van der Waals surface area contributed by atoms with E-state index in [0.717, 1.165) is 17.9 Å². The van der Waals surface area contributed by atoms with Crippen molar-refractivity contribution in [2.24, 2.45) is 0 Å². The van der Waals surface area contributed by atoms with Gasteiger partial charge in [-0.15, -0.1) is 0 Å². The summed E-state index contributed by atoms with van der Waals surface area (Å²) in [6.07, 6.45) is 0.939. The highest BCUT2D eigenvalue weighted by Crippen LogP contribution is 2.22. The summed E-state index contributed by atoms with van der Waals surface area (Å²) in [6.45, 7) is 2.69. The van der Waals surface area contributed by atoms with Gasteiger partial charge in [0.25, 0.3) is 0 Å². The molecule has 0 aliphatic carbocycles. The number of likely N-dealkylation sites (N-methyl/N-ethyl adjacent to an activating group) is 1. The Balaban J connectivity index is 2.07. The molecule has 3 nitrogen and oxygen atoms in total. The summed E-state index contributed by atoms with van der Waals surface area (Å²) in [7, 11) is 3.68. The molecule has 2 rings (SSSR count). The molecule has 0 bridgehead atoms. The smallest absolute Gasteiger partial charge is 0.119 e. The van der Waals surface area contributed by atoms with Crippen LogP contribution in [0.1, 0.15) is 24.1 Å². The number of hydrogen-bond acceptors (Lipinski definition) is 3. The zero-order valence-electron chi connectivity index (χ0n) is 12.9. The Hall–Kier alpha value is -2.00. The van der Waals surface area contributed by atoms with E-state index in [1.165, 1.54) is 11.1 Å². The van der Waals surface area contributed by atoms with Crippen molar-refractivity contribution in [3.05, 3.63) is 59.7 Å². The van der Waals surface area contributed by atoms with Gasteiger partial charge in [0, 0.05) is 6.04 Å². The number of nitrogens with one attached hydrogen (secondary N) is 1. The van der Waals surface area contributed by atoms with Crippen LogP contribution in [0.2, 0.25) is 0 Å². The molecule has 2 aromatic rings. The topological polar surface area (TPSA) is 30.5 Å². The van der Waals surface area contributed by atoms with Crippen molar-refractivity contribution in [2.45, 2.75) is 19.4 Å². The molecule has 21 heavy (non-hydrogen) atoms. The van der Waals surface area contributed by atoms with Gasteiger partial charge in [0.15, 0.2) is 0 Å². The fraction of sp³-hybridized carbons (Fsp3) is 0.333. The maximum atomic E-state index is 5.48. The van der Waals surface area contributed by atoms with Crippen molar-refractivity contribution in [1.82, 2.24) is 5.32 Å². The minimum Gasteiger partial charge on any atom is -0.497 e. The van der Waals surface area contributed by atoms with Gasteiger partial charge in [-0.25, -0.2) is 0 Å². The standard InChI is InChI=1S/C18H23NO2/c1-4-21-17-11-7-15(8-12-17)18(19-2)13-14-5-9-16(20-3)10-6-14/h5-12,18-19H,4,13H2,1-3H3. The quantitative estimate of drug-likeness (QED) is 0.843. The molecule has 3 heteroatoms. The van der Waals surface area contributed by atoms with Gasteiger partial charge in [-0.05, 0) is 55.8 Å². The number of hydrogen-bond donors (Lipinski definition) is 1. The highest BCUT2D eigenvalue weighted by molar-refractivity contribution is 5.32. The summed E-state index contributed by atoms with van der Waals surface area (Å²) >= 11 is 0. The van der Waals surface area contributed by atoms with Crippen LogP contribution in [0.15, 0.2) is 48.5 Å². The van der Waals surface area contributed by atoms with E-state index in [1.54, 1.807) is 7.11 Å². The third-order valence-electron chi connectivity index (χ3n) is 3.54. The zero-order valence-corrected chi connectivity index (χ0v) is 12.9. The van der Waals surface area contributed by atoms with E-state index in [9.17, 15) is 0 Å². The van der Waals surface area contributed by atoms with Gasteiger partial charge in [0.05, 0.1) is 13.7 Å². The maximum Gasteiger partial charge on any atom is 0.119 e. The lowest BCUT2D eigenvalue weighted by Gasteiger charge is -2.17. The van der Waals surface area contributed by atoms with Gasteiger partial charge >= 0.3 is 0 Å². The van der Waals surface area contributed by atoms with Gasteiger partial charge in [-0.1, -0.05) is 24.3 Å². The Morgan fingerprint density at radius 1 is 0.952 bits per heavy atom. The molecule has 0 spiro atoms. The van der Waals surface area contributed by atoms with Gasteiger partial charge in [0.1, 0.15) is 11.5 Å². The number of methoxy groups -OCH3 is 1. The van der Waals surface area contributed by atoms with Crippen molar-refractivity contribution in [3.8, 4) is 11.5 Å². The second kappa shape index (κ2) is 7.70. The summed E-state index contributed by atoms with van der Waals surface area (Å²) in [5, 5.41) is 3.37. The Labute approximate surface area is 126 Å². The first-order valence-electron chi connectivity index (χ1n) is 7.29. The molecule has 1 atom stereocenters. The summed E-state index contributed by atoms with van der Waals surface area (Å²) < 4.78 is 10.7. The normalized spacial score (nSPS) is 12.0. The van der Waals surface area contributed by atoms with Crippen LogP contribution >= 0.6 is 0 Å². The lowest BCUT2D eigenvalue weighted by Crippen LogP contribution is -2.18. The molecule has 0 heterocycles.